The lowest BCUT2D eigenvalue weighted by atomic mass is 10.1. The van der Waals surface area contributed by atoms with Crippen LogP contribution in [0.3, 0.4) is 0 Å². The molecule has 0 bridgehead atoms. The maximum atomic E-state index is 4.47. The smallest absolute Gasteiger partial charge is 0.193 e. The molecule has 0 aliphatic carbocycles. The van der Waals surface area contributed by atoms with Crippen LogP contribution in [0.1, 0.15) is 5.56 Å². The third kappa shape index (κ3) is 4.54. The molecule has 4 heterocycles. The maximum absolute atomic E-state index is 4.47. The highest BCUT2D eigenvalue weighted by atomic mass is 127. The van der Waals surface area contributed by atoms with Crippen molar-refractivity contribution in [3.63, 3.8) is 0 Å². The fourth-order valence-electron chi connectivity index (χ4n) is 3.55. The molecule has 0 unspecified atom stereocenters. The van der Waals surface area contributed by atoms with E-state index in [9.17, 15) is 0 Å². The van der Waals surface area contributed by atoms with E-state index in [0.717, 1.165) is 56.6 Å². The number of aliphatic imine (C=N–C) groups is 1. The SMILES string of the molecule is CN=C(NCCc1c[nH]c2ncccc12)N1CCN(c2ccccn2)CC1.I. The quantitative estimate of drug-likeness (QED) is 0.334. The van der Waals surface area contributed by atoms with Gasteiger partial charge in [-0.3, -0.25) is 4.99 Å². The van der Waals surface area contributed by atoms with Crippen LogP contribution < -0.4 is 10.2 Å². The summed E-state index contributed by atoms with van der Waals surface area (Å²) in [5, 5.41) is 4.70. The van der Waals surface area contributed by atoms with Gasteiger partial charge in [-0.2, -0.15) is 0 Å². The van der Waals surface area contributed by atoms with Gasteiger partial charge in [0.2, 0.25) is 0 Å². The van der Waals surface area contributed by atoms with E-state index in [4.69, 9.17) is 0 Å². The van der Waals surface area contributed by atoms with E-state index >= 15 is 0 Å². The summed E-state index contributed by atoms with van der Waals surface area (Å²) < 4.78 is 0. The van der Waals surface area contributed by atoms with E-state index in [-0.39, 0.29) is 24.0 Å². The predicted molar refractivity (Wildman–Crippen MR) is 125 cm³/mol. The number of pyridine rings is 2. The van der Waals surface area contributed by atoms with Crippen LogP contribution in [0.15, 0.2) is 53.9 Å². The Morgan fingerprint density at radius 2 is 1.93 bits per heavy atom. The number of rotatable bonds is 4. The molecule has 2 N–H and O–H groups in total. The summed E-state index contributed by atoms with van der Waals surface area (Å²) in [6.45, 7) is 4.62. The predicted octanol–water partition coefficient (Wildman–Crippen LogP) is 2.52. The molecule has 4 rings (SSSR count). The first-order chi connectivity index (χ1) is 13.3. The number of aromatic nitrogens is 3. The highest BCUT2D eigenvalue weighted by Gasteiger charge is 2.20. The van der Waals surface area contributed by atoms with Gasteiger partial charge in [-0.05, 0) is 36.2 Å². The molecule has 7 nitrogen and oxygen atoms in total. The number of nitrogens with one attached hydrogen (secondary N) is 2. The molecular formula is C20H26IN7. The Labute approximate surface area is 182 Å². The van der Waals surface area contributed by atoms with Gasteiger partial charge in [0.05, 0.1) is 0 Å². The van der Waals surface area contributed by atoms with Gasteiger partial charge < -0.3 is 20.1 Å². The second kappa shape index (κ2) is 9.72. The summed E-state index contributed by atoms with van der Waals surface area (Å²) in [4.78, 5) is 21.1. The zero-order valence-corrected chi connectivity index (χ0v) is 18.3. The van der Waals surface area contributed by atoms with Gasteiger partial charge in [0.25, 0.3) is 0 Å². The van der Waals surface area contributed by atoms with Crippen molar-refractivity contribution in [2.75, 3.05) is 44.7 Å². The van der Waals surface area contributed by atoms with Crippen LogP contribution in [0.2, 0.25) is 0 Å². The number of piperazine rings is 1. The van der Waals surface area contributed by atoms with Crippen molar-refractivity contribution in [3.05, 3.63) is 54.5 Å². The van der Waals surface area contributed by atoms with Crippen molar-refractivity contribution in [2.24, 2.45) is 4.99 Å². The molecule has 1 aliphatic heterocycles. The molecule has 0 saturated carbocycles. The van der Waals surface area contributed by atoms with Crippen LogP contribution in [-0.4, -0.2) is 65.6 Å². The van der Waals surface area contributed by atoms with Crippen LogP contribution in [0.4, 0.5) is 5.82 Å². The van der Waals surface area contributed by atoms with Gasteiger partial charge in [0.15, 0.2) is 5.96 Å². The van der Waals surface area contributed by atoms with Gasteiger partial charge in [0, 0.05) is 63.7 Å². The standard InChI is InChI=1S/C20H25N7.HI/c1-21-20(24-10-7-16-15-25-19-17(16)5-4-9-23-19)27-13-11-26(12-14-27)18-6-2-3-8-22-18;/h2-6,8-9,15H,7,10-14H2,1H3,(H,21,24)(H,23,25);1H. The van der Waals surface area contributed by atoms with Gasteiger partial charge in [0.1, 0.15) is 11.5 Å². The zero-order chi connectivity index (χ0) is 18.5. The summed E-state index contributed by atoms with van der Waals surface area (Å²) in [6.07, 6.45) is 6.64. The van der Waals surface area contributed by atoms with Crippen molar-refractivity contribution in [1.82, 2.24) is 25.2 Å². The molecule has 148 valence electrons. The Morgan fingerprint density at radius 3 is 2.68 bits per heavy atom. The first kappa shape index (κ1) is 20.4. The van der Waals surface area contributed by atoms with Crippen LogP contribution in [0.25, 0.3) is 11.0 Å². The average Bonchev–Trinajstić information content (AvgIpc) is 3.15. The van der Waals surface area contributed by atoms with E-state index in [0.29, 0.717) is 0 Å². The highest BCUT2D eigenvalue weighted by molar-refractivity contribution is 14.0. The third-order valence-electron chi connectivity index (χ3n) is 4.98. The molecule has 1 saturated heterocycles. The van der Waals surface area contributed by atoms with Gasteiger partial charge >= 0.3 is 0 Å². The Bertz CT molecular complexity index is 901. The Hall–Kier alpha value is -2.36. The molecule has 28 heavy (non-hydrogen) atoms. The van der Waals surface area contributed by atoms with E-state index in [1.165, 1.54) is 10.9 Å². The minimum atomic E-state index is 0. The first-order valence-corrected chi connectivity index (χ1v) is 9.38. The molecule has 0 radical (unpaired) electrons. The van der Waals surface area contributed by atoms with Crippen molar-refractivity contribution >= 4 is 46.8 Å². The first-order valence-electron chi connectivity index (χ1n) is 9.38. The second-order valence-corrected chi connectivity index (χ2v) is 6.60. The molecule has 0 aromatic carbocycles. The lowest BCUT2D eigenvalue weighted by molar-refractivity contribution is 0.372. The average molecular weight is 491 g/mol. The lowest BCUT2D eigenvalue weighted by Crippen LogP contribution is -2.53. The summed E-state index contributed by atoms with van der Waals surface area (Å²) in [5.41, 5.74) is 2.23. The molecule has 0 amide bonds. The largest absolute Gasteiger partial charge is 0.356 e. The molecule has 3 aromatic rings. The summed E-state index contributed by atoms with van der Waals surface area (Å²) in [6, 6.07) is 10.1. The van der Waals surface area contributed by atoms with Gasteiger partial charge in [-0.25, -0.2) is 9.97 Å². The highest BCUT2D eigenvalue weighted by Crippen LogP contribution is 2.16. The third-order valence-corrected chi connectivity index (χ3v) is 4.98. The molecule has 0 spiro atoms. The molecular weight excluding hydrogens is 465 g/mol. The molecule has 1 aliphatic rings. The summed E-state index contributed by atoms with van der Waals surface area (Å²) in [5.74, 6) is 2.02. The second-order valence-electron chi connectivity index (χ2n) is 6.60. The number of nitrogens with zero attached hydrogens (tertiary/aromatic N) is 5. The number of aromatic amines is 1. The number of fused-ring (bicyclic) bond motifs is 1. The van der Waals surface area contributed by atoms with Crippen LogP contribution >= 0.6 is 24.0 Å². The fourth-order valence-corrected chi connectivity index (χ4v) is 3.55. The minimum Gasteiger partial charge on any atom is -0.356 e. The number of anilines is 1. The number of halogens is 1. The topological polar surface area (TPSA) is 72.4 Å². The number of hydrogen-bond donors (Lipinski definition) is 2. The van der Waals surface area contributed by atoms with E-state index < -0.39 is 0 Å². The summed E-state index contributed by atoms with van der Waals surface area (Å²) >= 11 is 0. The molecule has 8 heteroatoms. The number of hydrogen-bond acceptors (Lipinski definition) is 4. The fraction of sp³-hybridized carbons (Fsp3) is 0.350. The summed E-state index contributed by atoms with van der Waals surface area (Å²) in [7, 11) is 1.85. The zero-order valence-electron chi connectivity index (χ0n) is 16.0. The Balaban J connectivity index is 0.00000225. The van der Waals surface area contributed by atoms with Crippen LogP contribution in [-0.2, 0) is 6.42 Å². The number of guanidine groups is 1. The van der Waals surface area contributed by atoms with E-state index in [1.807, 2.05) is 43.8 Å². The van der Waals surface area contributed by atoms with E-state index in [1.54, 1.807) is 0 Å². The van der Waals surface area contributed by atoms with Crippen molar-refractivity contribution in [2.45, 2.75) is 6.42 Å². The maximum Gasteiger partial charge on any atom is 0.193 e. The molecule has 3 aromatic heterocycles. The monoisotopic (exact) mass is 491 g/mol. The van der Waals surface area contributed by atoms with E-state index in [2.05, 4.69) is 47.2 Å². The lowest BCUT2D eigenvalue weighted by Gasteiger charge is -2.37. The molecule has 1 fully saturated rings. The normalized spacial score (nSPS) is 14.8. The van der Waals surface area contributed by atoms with Crippen molar-refractivity contribution < 1.29 is 0 Å². The van der Waals surface area contributed by atoms with Crippen molar-refractivity contribution in [1.29, 1.82) is 0 Å². The van der Waals surface area contributed by atoms with Gasteiger partial charge in [-0.15, -0.1) is 24.0 Å². The molecule has 0 atom stereocenters. The van der Waals surface area contributed by atoms with Crippen LogP contribution in [0, 0.1) is 0 Å². The number of H-pyrrole nitrogens is 1. The Morgan fingerprint density at radius 1 is 1.11 bits per heavy atom. The minimum absolute atomic E-state index is 0. The van der Waals surface area contributed by atoms with Crippen LogP contribution in [0.5, 0.6) is 0 Å². The Kier molecular flexibility index (Phi) is 7.07. The van der Waals surface area contributed by atoms with Gasteiger partial charge in [-0.1, -0.05) is 6.07 Å². The van der Waals surface area contributed by atoms with Crippen molar-refractivity contribution in [3.8, 4) is 0 Å².